The lowest BCUT2D eigenvalue weighted by atomic mass is 10.1. The molecular weight excluding hydrogens is 317 g/mol. The third-order valence-electron chi connectivity index (χ3n) is 3.41. The van der Waals surface area contributed by atoms with Crippen molar-refractivity contribution in [1.82, 2.24) is 4.98 Å². The predicted octanol–water partition coefficient (Wildman–Crippen LogP) is 3.63. The lowest BCUT2D eigenvalue weighted by Gasteiger charge is -2.16. The van der Waals surface area contributed by atoms with Crippen LogP contribution in [0, 0.1) is 5.82 Å². The van der Waals surface area contributed by atoms with Crippen LogP contribution in [0.25, 0.3) is 0 Å². The van der Waals surface area contributed by atoms with Gasteiger partial charge >= 0.3 is 0 Å². The molecule has 0 bridgehead atoms. The third kappa shape index (κ3) is 3.86. The average Bonchev–Trinajstić information content (AvgIpc) is 3.24. The van der Waals surface area contributed by atoms with Crippen LogP contribution in [0.3, 0.4) is 0 Å². The van der Waals surface area contributed by atoms with Crippen molar-refractivity contribution in [2.24, 2.45) is 5.73 Å². The number of thiazole rings is 1. The molecule has 0 atom stereocenters. The highest BCUT2D eigenvalue weighted by atomic mass is 32.1. The summed E-state index contributed by atoms with van der Waals surface area (Å²) in [6.45, 7) is 3.27. The zero-order valence-corrected chi connectivity index (χ0v) is 13.7. The molecule has 2 aromatic rings. The molecule has 1 heterocycles. The standard InChI is InChI=1S/C16H18FN3O2S/c1-16(2,18)14(21)20-15-19-12(9-3-4-9)13(23-15)22-11-7-5-10(17)6-8-11/h5-9H,3-4,18H2,1-2H3,(H,19,20,21). The topological polar surface area (TPSA) is 77.2 Å². The van der Waals surface area contributed by atoms with Crippen LogP contribution in [0.5, 0.6) is 10.8 Å². The number of benzene rings is 1. The Kier molecular flexibility index (Phi) is 4.08. The fourth-order valence-electron chi connectivity index (χ4n) is 1.93. The van der Waals surface area contributed by atoms with E-state index in [9.17, 15) is 9.18 Å². The van der Waals surface area contributed by atoms with E-state index in [1.54, 1.807) is 26.0 Å². The Morgan fingerprint density at radius 3 is 2.61 bits per heavy atom. The van der Waals surface area contributed by atoms with Crippen LogP contribution in [-0.4, -0.2) is 16.4 Å². The molecule has 1 saturated carbocycles. The van der Waals surface area contributed by atoms with Crippen molar-refractivity contribution >= 4 is 22.4 Å². The third-order valence-corrected chi connectivity index (χ3v) is 4.28. The number of rotatable bonds is 5. The van der Waals surface area contributed by atoms with E-state index in [1.807, 2.05) is 0 Å². The molecule has 0 radical (unpaired) electrons. The Labute approximate surface area is 137 Å². The highest BCUT2D eigenvalue weighted by molar-refractivity contribution is 7.17. The number of amides is 1. The van der Waals surface area contributed by atoms with Gasteiger partial charge in [0.15, 0.2) is 5.13 Å². The van der Waals surface area contributed by atoms with Crippen molar-refractivity contribution in [1.29, 1.82) is 0 Å². The van der Waals surface area contributed by atoms with Gasteiger partial charge in [0.25, 0.3) is 0 Å². The lowest BCUT2D eigenvalue weighted by molar-refractivity contribution is -0.120. The van der Waals surface area contributed by atoms with Crippen LogP contribution in [0.1, 0.15) is 38.3 Å². The molecular formula is C16H18FN3O2S. The van der Waals surface area contributed by atoms with Gasteiger partial charge in [0.1, 0.15) is 17.3 Å². The van der Waals surface area contributed by atoms with Gasteiger partial charge < -0.3 is 15.8 Å². The maximum absolute atomic E-state index is 13.0. The molecule has 23 heavy (non-hydrogen) atoms. The molecule has 3 rings (SSSR count). The molecule has 1 aromatic heterocycles. The summed E-state index contributed by atoms with van der Waals surface area (Å²) in [7, 11) is 0. The molecule has 5 nitrogen and oxygen atoms in total. The summed E-state index contributed by atoms with van der Waals surface area (Å²) in [5.41, 5.74) is 5.63. The van der Waals surface area contributed by atoms with Crippen LogP contribution in [-0.2, 0) is 4.79 Å². The fourth-order valence-corrected chi connectivity index (χ4v) is 2.85. The van der Waals surface area contributed by atoms with E-state index < -0.39 is 5.54 Å². The number of ether oxygens (including phenoxy) is 1. The van der Waals surface area contributed by atoms with E-state index >= 15 is 0 Å². The van der Waals surface area contributed by atoms with Gasteiger partial charge in [-0.15, -0.1) is 0 Å². The van der Waals surface area contributed by atoms with Crippen LogP contribution >= 0.6 is 11.3 Å². The number of hydrogen-bond donors (Lipinski definition) is 2. The monoisotopic (exact) mass is 335 g/mol. The quantitative estimate of drug-likeness (QED) is 0.875. The summed E-state index contributed by atoms with van der Waals surface area (Å²) in [6, 6.07) is 5.81. The Balaban J connectivity index is 1.81. The SMILES string of the molecule is CC(C)(N)C(=O)Nc1nc(C2CC2)c(Oc2ccc(F)cc2)s1. The van der Waals surface area contributed by atoms with Gasteiger partial charge in [-0.25, -0.2) is 9.37 Å². The molecule has 1 aliphatic carbocycles. The van der Waals surface area contributed by atoms with E-state index in [1.165, 1.54) is 23.5 Å². The number of carbonyl (C=O) groups is 1. The molecule has 1 amide bonds. The molecule has 1 aromatic carbocycles. The Morgan fingerprint density at radius 2 is 2.04 bits per heavy atom. The molecule has 122 valence electrons. The molecule has 1 fully saturated rings. The van der Waals surface area contributed by atoms with E-state index in [4.69, 9.17) is 10.5 Å². The average molecular weight is 335 g/mol. The predicted molar refractivity (Wildman–Crippen MR) is 87.5 cm³/mol. The second-order valence-corrected chi connectivity index (χ2v) is 7.16. The maximum Gasteiger partial charge on any atom is 0.245 e. The van der Waals surface area contributed by atoms with Crippen molar-refractivity contribution in [3.8, 4) is 10.8 Å². The molecule has 0 aliphatic heterocycles. The van der Waals surface area contributed by atoms with E-state index in [-0.39, 0.29) is 11.7 Å². The molecule has 0 saturated heterocycles. The smallest absolute Gasteiger partial charge is 0.245 e. The Bertz CT molecular complexity index is 718. The zero-order chi connectivity index (χ0) is 16.6. The Morgan fingerprint density at radius 1 is 1.39 bits per heavy atom. The van der Waals surface area contributed by atoms with E-state index in [0.29, 0.717) is 21.9 Å². The first kappa shape index (κ1) is 15.9. The number of nitrogens with one attached hydrogen (secondary N) is 1. The number of nitrogens with two attached hydrogens (primary N) is 1. The molecule has 1 aliphatic rings. The molecule has 7 heteroatoms. The van der Waals surface area contributed by atoms with Crippen LogP contribution in [0.2, 0.25) is 0 Å². The number of anilines is 1. The summed E-state index contributed by atoms with van der Waals surface area (Å²) in [5.74, 6) is 0.274. The summed E-state index contributed by atoms with van der Waals surface area (Å²) < 4.78 is 18.8. The zero-order valence-electron chi connectivity index (χ0n) is 12.9. The highest BCUT2D eigenvalue weighted by Crippen LogP contribution is 2.48. The molecule has 0 spiro atoms. The molecule has 0 unspecified atom stereocenters. The fraction of sp³-hybridized carbons (Fsp3) is 0.375. The second-order valence-electron chi connectivity index (χ2n) is 6.20. The maximum atomic E-state index is 13.0. The number of aromatic nitrogens is 1. The lowest BCUT2D eigenvalue weighted by Crippen LogP contribution is -2.45. The first-order chi connectivity index (χ1) is 10.8. The van der Waals surface area contributed by atoms with Crippen molar-refractivity contribution < 1.29 is 13.9 Å². The van der Waals surface area contributed by atoms with Crippen molar-refractivity contribution in [2.45, 2.75) is 38.1 Å². The molecule has 3 N–H and O–H groups in total. The number of halogens is 1. The van der Waals surface area contributed by atoms with Gasteiger partial charge in [0.2, 0.25) is 11.0 Å². The normalized spacial score (nSPS) is 14.6. The van der Waals surface area contributed by atoms with Gasteiger partial charge in [0.05, 0.1) is 5.54 Å². The van der Waals surface area contributed by atoms with Crippen molar-refractivity contribution in [2.75, 3.05) is 5.32 Å². The largest absolute Gasteiger partial charge is 0.445 e. The second kappa shape index (κ2) is 5.90. The number of hydrogen-bond acceptors (Lipinski definition) is 5. The summed E-state index contributed by atoms with van der Waals surface area (Å²) in [4.78, 5) is 16.5. The van der Waals surface area contributed by atoms with Gasteiger partial charge in [-0.3, -0.25) is 4.79 Å². The minimum Gasteiger partial charge on any atom is -0.445 e. The van der Waals surface area contributed by atoms with Crippen LogP contribution < -0.4 is 15.8 Å². The first-order valence-electron chi connectivity index (χ1n) is 7.37. The van der Waals surface area contributed by atoms with Crippen molar-refractivity contribution in [3.05, 3.63) is 35.8 Å². The number of nitrogens with zero attached hydrogens (tertiary/aromatic N) is 1. The summed E-state index contributed by atoms with van der Waals surface area (Å²) in [5, 5.41) is 3.82. The number of carbonyl (C=O) groups excluding carboxylic acids is 1. The van der Waals surface area contributed by atoms with Gasteiger partial charge in [-0.05, 0) is 51.0 Å². The van der Waals surface area contributed by atoms with Crippen LogP contribution in [0.4, 0.5) is 9.52 Å². The van der Waals surface area contributed by atoms with E-state index in [2.05, 4.69) is 10.3 Å². The minimum atomic E-state index is -0.983. The van der Waals surface area contributed by atoms with Crippen LogP contribution in [0.15, 0.2) is 24.3 Å². The minimum absolute atomic E-state index is 0.304. The van der Waals surface area contributed by atoms with Gasteiger partial charge in [-0.1, -0.05) is 11.3 Å². The summed E-state index contributed by atoms with van der Waals surface area (Å²) in [6.07, 6.45) is 2.11. The van der Waals surface area contributed by atoms with E-state index in [0.717, 1.165) is 18.5 Å². The first-order valence-corrected chi connectivity index (χ1v) is 8.19. The van der Waals surface area contributed by atoms with Gasteiger partial charge in [-0.2, -0.15) is 0 Å². The summed E-state index contributed by atoms with van der Waals surface area (Å²) >= 11 is 1.26. The highest BCUT2D eigenvalue weighted by Gasteiger charge is 2.32. The van der Waals surface area contributed by atoms with Gasteiger partial charge in [0, 0.05) is 5.92 Å². The van der Waals surface area contributed by atoms with Crippen molar-refractivity contribution in [3.63, 3.8) is 0 Å². The Hall–Kier alpha value is -1.99.